The van der Waals surface area contributed by atoms with Gasteiger partial charge >= 0.3 is 0 Å². The third-order valence-corrected chi connectivity index (χ3v) is 0. The molecule has 0 atom stereocenters. The van der Waals surface area contributed by atoms with E-state index in [1.807, 2.05) is 13.8 Å². The SMILES string of the molecule is C#N.C=C(C)C. The van der Waals surface area contributed by atoms with Gasteiger partial charge in [-0.25, -0.2) is 5.26 Å². The largest absolute Gasteiger partial charge is 0.202 e. The normalized spacial score (nSPS) is 4.67. The number of nitriles is 1. The lowest BCUT2D eigenvalue weighted by atomic mass is 10.4. The van der Waals surface area contributed by atoms with E-state index in [0.29, 0.717) is 0 Å². The maximum atomic E-state index is 6.50. The van der Waals surface area contributed by atoms with Crippen LogP contribution in [0.4, 0.5) is 0 Å². The highest BCUT2D eigenvalue weighted by molar-refractivity contribution is 4.78. The summed E-state index contributed by atoms with van der Waals surface area (Å²) in [4.78, 5) is 0. The van der Waals surface area contributed by atoms with E-state index >= 15 is 0 Å². The molecule has 0 bridgehead atoms. The lowest BCUT2D eigenvalue weighted by Gasteiger charge is -1.65. The van der Waals surface area contributed by atoms with Crippen LogP contribution in [0.3, 0.4) is 0 Å². The Labute approximate surface area is 38.9 Å². The van der Waals surface area contributed by atoms with E-state index in [1.165, 1.54) is 5.57 Å². The highest BCUT2D eigenvalue weighted by Gasteiger charge is 1.51. The first-order chi connectivity index (χ1) is 2.73. The fraction of sp³-hybridized carbons (Fsp3) is 0.400. The van der Waals surface area contributed by atoms with Crippen LogP contribution < -0.4 is 0 Å². The number of rotatable bonds is 0. The van der Waals surface area contributed by atoms with Crippen molar-refractivity contribution < 1.29 is 0 Å². The fourth-order valence-corrected chi connectivity index (χ4v) is 0. The molecule has 0 aliphatic carbocycles. The highest BCUT2D eigenvalue weighted by Crippen LogP contribution is 1.73. The summed E-state index contributed by atoms with van der Waals surface area (Å²) in [5.41, 5.74) is 1.17. The second-order valence-corrected chi connectivity index (χ2v) is 1.21. The Balaban J connectivity index is 0. The topological polar surface area (TPSA) is 23.8 Å². The van der Waals surface area contributed by atoms with Crippen LogP contribution in [-0.4, -0.2) is 0 Å². The van der Waals surface area contributed by atoms with E-state index in [0.717, 1.165) is 0 Å². The Kier molecular flexibility index (Phi) is 13.3. The zero-order valence-corrected chi connectivity index (χ0v) is 4.23. The molecule has 0 saturated carbocycles. The average molecular weight is 83.1 g/mol. The molecule has 0 spiro atoms. The van der Waals surface area contributed by atoms with E-state index < -0.39 is 0 Å². The van der Waals surface area contributed by atoms with Gasteiger partial charge in [0.05, 0.1) is 0 Å². The first-order valence-corrected chi connectivity index (χ1v) is 1.61. The molecule has 0 N–H and O–H groups in total. The summed E-state index contributed by atoms with van der Waals surface area (Å²) in [6, 6.07) is 0. The summed E-state index contributed by atoms with van der Waals surface area (Å²) >= 11 is 0. The Morgan fingerprint density at radius 3 is 1.50 bits per heavy atom. The summed E-state index contributed by atoms with van der Waals surface area (Å²) in [6.07, 6.45) is 0. The summed E-state index contributed by atoms with van der Waals surface area (Å²) in [6.45, 7) is 11.0. The van der Waals surface area contributed by atoms with Gasteiger partial charge in [-0.2, -0.15) is 0 Å². The number of nitrogens with zero attached hydrogens (tertiary/aromatic N) is 1. The van der Waals surface area contributed by atoms with Crippen LogP contribution in [0.15, 0.2) is 12.2 Å². The molecule has 0 rings (SSSR count). The Hall–Kier alpha value is -0.770. The zero-order valence-electron chi connectivity index (χ0n) is 4.23. The minimum atomic E-state index is 1.17. The zero-order chi connectivity index (χ0) is 5.58. The van der Waals surface area contributed by atoms with Crippen LogP contribution in [0, 0.1) is 11.8 Å². The van der Waals surface area contributed by atoms with Gasteiger partial charge < -0.3 is 0 Å². The summed E-state index contributed by atoms with van der Waals surface area (Å²) in [5, 5.41) is 6.50. The molecule has 0 aromatic carbocycles. The number of allylic oxidation sites excluding steroid dienone is 1. The summed E-state index contributed by atoms with van der Waals surface area (Å²) in [7, 11) is 0. The van der Waals surface area contributed by atoms with E-state index in [-0.39, 0.29) is 0 Å². The van der Waals surface area contributed by atoms with Gasteiger partial charge in [0.25, 0.3) is 0 Å². The van der Waals surface area contributed by atoms with Crippen molar-refractivity contribution >= 4 is 0 Å². The van der Waals surface area contributed by atoms with E-state index in [1.54, 1.807) is 0 Å². The smallest absolute Gasteiger partial charge is 0.0462 e. The van der Waals surface area contributed by atoms with Crippen molar-refractivity contribution in [1.29, 1.82) is 5.26 Å². The van der Waals surface area contributed by atoms with Crippen LogP contribution in [0.25, 0.3) is 0 Å². The Morgan fingerprint density at radius 1 is 1.50 bits per heavy atom. The molecule has 0 saturated heterocycles. The molecule has 0 amide bonds. The maximum absolute atomic E-state index is 6.50. The molecule has 34 valence electrons. The predicted molar refractivity (Wildman–Crippen MR) is 27.2 cm³/mol. The van der Waals surface area contributed by atoms with Crippen LogP contribution in [0.1, 0.15) is 13.8 Å². The predicted octanol–water partition coefficient (Wildman–Crippen LogP) is 1.72. The van der Waals surface area contributed by atoms with Crippen molar-refractivity contribution in [3.8, 4) is 6.57 Å². The maximum Gasteiger partial charge on any atom is 0.0462 e. The quantitative estimate of drug-likeness (QED) is 0.409. The van der Waals surface area contributed by atoms with E-state index in [2.05, 4.69) is 13.2 Å². The monoisotopic (exact) mass is 83.1 g/mol. The number of hydrogen-bond donors (Lipinski definition) is 0. The standard InChI is InChI=1S/C4H8.CHN/c1-4(2)3;1-2/h1H2,2-3H3;1H. The molecule has 0 aliphatic rings. The second kappa shape index (κ2) is 8.87. The molecule has 0 aromatic rings. The van der Waals surface area contributed by atoms with Crippen LogP contribution >= 0.6 is 0 Å². The molecule has 0 aromatic heterocycles. The lowest BCUT2D eigenvalue weighted by Crippen LogP contribution is -1.43. The Bertz CT molecular complexity index is 48.2. The van der Waals surface area contributed by atoms with Crippen LogP contribution in [0.2, 0.25) is 0 Å². The van der Waals surface area contributed by atoms with Gasteiger partial charge in [0.2, 0.25) is 0 Å². The van der Waals surface area contributed by atoms with Gasteiger partial charge in [-0.15, -0.1) is 6.58 Å². The van der Waals surface area contributed by atoms with Crippen LogP contribution in [-0.2, 0) is 0 Å². The molecular formula is C5H9N. The van der Waals surface area contributed by atoms with Gasteiger partial charge in [0.1, 0.15) is 0 Å². The van der Waals surface area contributed by atoms with Gasteiger partial charge in [0, 0.05) is 6.57 Å². The van der Waals surface area contributed by atoms with Gasteiger partial charge in [-0.3, -0.25) is 0 Å². The van der Waals surface area contributed by atoms with E-state index in [9.17, 15) is 0 Å². The summed E-state index contributed by atoms with van der Waals surface area (Å²) in [5.74, 6) is 0. The van der Waals surface area contributed by atoms with Crippen molar-refractivity contribution in [2.24, 2.45) is 0 Å². The average Bonchev–Trinajstić information content (AvgIpc) is 1.41. The van der Waals surface area contributed by atoms with Gasteiger partial charge in [0.15, 0.2) is 0 Å². The third kappa shape index (κ3) is 27.1. The lowest BCUT2D eigenvalue weighted by molar-refractivity contribution is 1.42. The minimum absolute atomic E-state index is 1.17. The molecule has 1 heteroatoms. The molecular weight excluding hydrogens is 74.1 g/mol. The molecule has 0 aliphatic heterocycles. The van der Waals surface area contributed by atoms with Crippen molar-refractivity contribution in [3.05, 3.63) is 12.2 Å². The Morgan fingerprint density at radius 2 is 1.50 bits per heavy atom. The van der Waals surface area contributed by atoms with Crippen molar-refractivity contribution in [1.82, 2.24) is 0 Å². The van der Waals surface area contributed by atoms with E-state index in [4.69, 9.17) is 5.26 Å². The first-order valence-electron chi connectivity index (χ1n) is 1.61. The molecule has 0 radical (unpaired) electrons. The molecule has 1 nitrogen and oxygen atoms in total. The first kappa shape index (κ1) is 8.97. The number of hydrogen-bond acceptors (Lipinski definition) is 1. The van der Waals surface area contributed by atoms with Gasteiger partial charge in [-0.1, -0.05) is 5.57 Å². The second-order valence-electron chi connectivity index (χ2n) is 1.21. The fourth-order valence-electron chi connectivity index (χ4n) is 0. The molecule has 6 heavy (non-hydrogen) atoms. The molecule has 0 unspecified atom stereocenters. The minimum Gasteiger partial charge on any atom is -0.202 e. The molecule has 0 fully saturated rings. The highest BCUT2D eigenvalue weighted by atomic mass is 14.2. The third-order valence-electron chi connectivity index (χ3n) is 0. The summed E-state index contributed by atoms with van der Waals surface area (Å²) < 4.78 is 0. The van der Waals surface area contributed by atoms with Crippen LogP contribution in [0.5, 0.6) is 0 Å². The van der Waals surface area contributed by atoms with Crippen molar-refractivity contribution in [2.45, 2.75) is 13.8 Å². The van der Waals surface area contributed by atoms with Crippen molar-refractivity contribution in [3.63, 3.8) is 0 Å². The molecule has 0 heterocycles. The van der Waals surface area contributed by atoms with Crippen molar-refractivity contribution in [2.75, 3.05) is 0 Å². The van der Waals surface area contributed by atoms with Gasteiger partial charge in [-0.05, 0) is 13.8 Å².